The lowest BCUT2D eigenvalue weighted by atomic mass is 10.3. The first-order valence-corrected chi connectivity index (χ1v) is 6.88. The summed E-state index contributed by atoms with van der Waals surface area (Å²) in [7, 11) is 0. The number of nitrogens with zero attached hydrogens (tertiary/aromatic N) is 1. The molecule has 0 aliphatic carbocycles. The van der Waals surface area contributed by atoms with Gasteiger partial charge in [0.25, 0.3) is 0 Å². The molecule has 0 atom stereocenters. The number of hydrogen-bond acceptors (Lipinski definition) is 4. The first-order valence-electron chi connectivity index (χ1n) is 6.88. The van der Waals surface area contributed by atoms with Crippen LogP contribution in [0.4, 0.5) is 11.5 Å². The molecule has 0 radical (unpaired) electrons. The Balaban J connectivity index is 2.13. The molecule has 0 amide bonds. The highest BCUT2D eigenvalue weighted by molar-refractivity contribution is 5.51. The van der Waals surface area contributed by atoms with E-state index in [1.165, 1.54) is 6.42 Å². The molecule has 1 aromatic heterocycles. The fraction of sp³-hybridized carbons (Fsp3) is 0.643. The largest absolute Gasteiger partial charge is 0.385 e. The van der Waals surface area contributed by atoms with Gasteiger partial charge in [0.15, 0.2) is 0 Å². The summed E-state index contributed by atoms with van der Waals surface area (Å²) in [5.41, 5.74) is 1.11. The van der Waals surface area contributed by atoms with E-state index in [-0.39, 0.29) is 0 Å². The van der Waals surface area contributed by atoms with Gasteiger partial charge >= 0.3 is 0 Å². The lowest BCUT2D eigenvalue weighted by Crippen LogP contribution is -2.07. The third-order valence-electron chi connectivity index (χ3n) is 2.55. The summed E-state index contributed by atoms with van der Waals surface area (Å²) >= 11 is 0. The average Bonchev–Trinajstić information content (AvgIpc) is 2.39. The minimum Gasteiger partial charge on any atom is -0.385 e. The van der Waals surface area contributed by atoms with E-state index >= 15 is 0 Å². The van der Waals surface area contributed by atoms with E-state index in [0.29, 0.717) is 0 Å². The quantitative estimate of drug-likeness (QED) is 0.627. The topological polar surface area (TPSA) is 46.2 Å². The number of unbranched alkanes of at least 4 members (excludes halogenated alkanes) is 1. The van der Waals surface area contributed by atoms with Crippen LogP contribution in [0.1, 0.15) is 33.1 Å². The molecule has 0 spiro atoms. The molecule has 4 heteroatoms. The van der Waals surface area contributed by atoms with Gasteiger partial charge in [-0.3, -0.25) is 0 Å². The maximum atomic E-state index is 5.51. The molecule has 1 rings (SSSR count). The van der Waals surface area contributed by atoms with Crippen LogP contribution in [-0.2, 0) is 4.74 Å². The van der Waals surface area contributed by atoms with Crippen molar-refractivity contribution in [1.82, 2.24) is 4.98 Å². The summed E-state index contributed by atoms with van der Waals surface area (Å²) in [6.45, 7) is 7.78. The van der Waals surface area contributed by atoms with Crippen LogP contribution in [0.5, 0.6) is 0 Å². The number of ether oxygens (including phenoxy) is 1. The van der Waals surface area contributed by atoms with E-state index < -0.39 is 0 Å². The van der Waals surface area contributed by atoms with E-state index in [9.17, 15) is 0 Å². The van der Waals surface area contributed by atoms with Crippen LogP contribution >= 0.6 is 0 Å². The molecule has 0 saturated carbocycles. The van der Waals surface area contributed by atoms with Crippen molar-refractivity contribution in [2.45, 2.75) is 33.1 Å². The van der Waals surface area contributed by atoms with E-state index in [1.54, 1.807) is 0 Å². The van der Waals surface area contributed by atoms with Gasteiger partial charge in [-0.25, -0.2) is 4.98 Å². The zero-order valence-corrected chi connectivity index (χ0v) is 11.5. The summed E-state index contributed by atoms with van der Waals surface area (Å²) in [4.78, 5) is 4.23. The Hall–Kier alpha value is -1.29. The van der Waals surface area contributed by atoms with Crippen molar-refractivity contribution in [1.29, 1.82) is 0 Å². The molecular formula is C14H25N3O. The summed E-state index contributed by atoms with van der Waals surface area (Å²) in [6, 6.07) is 4.01. The van der Waals surface area contributed by atoms with E-state index in [0.717, 1.165) is 50.7 Å². The van der Waals surface area contributed by atoms with Crippen LogP contribution < -0.4 is 10.6 Å². The summed E-state index contributed by atoms with van der Waals surface area (Å²) in [6.07, 6.45) is 5.20. The summed E-state index contributed by atoms with van der Waals surface area (Å²) < 4.78 is 5.51. The molecule has 0 unspecified atom stereocenters. The second-order valence-electron chi connectivity index (χ2n) is 4.21. The highest BCUT2D eigenvalue weighted by Crippen LogP contribution is 2.11. The van der Waals surface area contributed by atoms with Gasteiger partial charge in [-0.05, 0) is 25.8 Å². The maximum absolute atomic E-state index is 5.51. The predicted octanol–water partition coefficient (Wildman–Crippen LogP) is 3.13. The van der Waals surface area contributed by atoms with Crippen LogP contribution in [0.15, 0.2) is 18.3 Å². The summed E-state index contributed by atoms with van der Waals surface area (Å²) in [5, 5.41) is 6.57. The van der Waals surface area contributed by atoms with Crippen LogP contribution in [0, 0.1) is 0 Å². The van der Waals surface area contributed by atoms with Crippen molar-refractivity contribution in [2.75, 3.05) is 36.9 Å². The highest BCUT2D eigenvalue weighted by Gasteiger charge is 1.95. The second-order valence-corrected chi connectivity index (χ2v) is 4.21. The van der Waals surface area contributed by atoms with E-state index in [4.69, 9.17) is 4.74 Å². The Kier molecular flexibility index (Phi) is 7.97. The Labute approximate surface area is 110 Å². The Morgan fingerprint density at radius 1 is 1.17 bits per heavy atom. The van der Waals surface area contributed by atoms with Crippen LogP contribution in [0.2, 0.25) is 0 Å². The third-order valence-corrected chi connectivity index (χ3v) is 2.55. The van der Waals surface area contributed by atoms with Gasteiger partial charge in [-0.1, -0.05) is 13.3 Å². The number of pyridine rings is 1. The van der Waals surface area contributed by atoms with E-state index in [2.05, 4.69) is 29.5 Å². The molecule has 1 heterocycles. The van der Waals surface area contributed by atoms with Crippen molar-refractivity contribution in [3.05, 3.63) is 18.3 Å². The lowest BCUT2D eigenvalue weighted by Gasteiger charge is -2.08. The molecular weight excluding hydrogens is 226 g/mol. The normalized spacial score (nSPS) is 10.3. The first kappa shape index (κ1) is 14.8. The zero-order chi connectivity index (χ0) is 13.1. The van der Waals surface area contributed by atoms with Crippen molar-refractivity contribution in [3.63, 3.8) is 0 Å². The van der Waals surface area contributed by atoms with Crippen molar-refractivity contribution < 1.29 is 4.74 Å². The lowest BCUT2D eigenvalue weighted by molar-refractivity contribution is 0.131. The zero-order valence-electron chi connectivity index (χ0n) is 11.5. The standard InChI is InChI=1S/C14H25N3O/c1-3-5-10-18-11-6-8-16-13-7-9-17-14(12-13)15-4-2/h7,9,12H,3-6,8,10-11H2,1-2H3,(H2,15,16,17). The molecule has 18 heavy (non-hydrogen) atoms. The molecule has 102 valence electrons. The van der Waals surface area contributed by atoms with Crippen LogP contribution in [-0.4, -0.2) is 31.3 Å². The smallest absolute Gasteiger partial charge is 0.127 e. The van der Waals surface area contributed by atoms with Gasteiger partial charge in [0, 0.05) is 44.3 Å². The third kappa shape index (κ3) is 6.45. The predicted molar refractivity (Wildman–Crippen MR) is 77.2 cm³/mol. The summed E-state index contributed by atoms with van der Waals surface area (Å²) in [5.74, 6) is 0.918. The van der Waals surface area contributed by atoms with Gasteiger partial charge < -0.3 is 15.4 Å². The number of hydrogen-bond donors (Lipinski definition) is 2. The molecule has 0 fully saturated rings. The first-order chi connectivity index (χ1) is 8.86. The maximum Gasteiger partial charge on any atom is 0.127 e. The van der Waals surface area contributed by atoms with Gasteiger partial charge in [0.1, 0.15) is 5.82 Å². The number of aromatic nitrogens is 1. The molecule has 4 nitrogen and oxygen atoms in total. The van der Waals surface area contributed by atoms with Crippen molar-refractivity contribution in [2.24, 2.45) is 0 Å². The fourth-order valence-electron chi connectivity index (χ4n) is 1.57. The van der Waals surface area contributed by atoms with Crippen molar-refractivity contribution >= 4 is 11.5 Å². The number of nitrogens with one attached hydrogen (secondary N) is 2. The number of anilines is 2. The van der Waals surface area contributed by atoms with Crippen LogP contribution in [0.3, 0.4) is 0 Å². The Morgan fingerprint density at radius 3 is 2.78 bits per heavy atom. The molecule has 0 aliphatic heterocycles. The minimum absolute atomic E-state index is 0.831. The molecule has 1 aromatic rings. The van der Waals surface area contributed by atoms with Crippen molar-refractivity contribution in [3.8, 4) is 0 Å². The molecule has 2 N–H and O–H groups in total. The molecule has 0 saturated heterocycles. The minimum atomic E-state index is 0.831. The molecule has 0 bridgehead atoms. The Bertz CT molecular complexity index is 318. The molecule has 0 aromatic carbocycles. The van der Waals surface area contributed by atoms with Gasteiger partial charge in [0.05, 0.1) is 0 Å². The highest BCUT2D eigenvalue weighted by atomic mass is 16.5. The van der Waals surface area contributed by atoms with Gasteiger partial charge in [0.2, 0.25) is 0 Å². The second kappa shape index (κ2) is 9.71. The Morgan fingerprint density at radius 2 is 2.00 bits per heavy atom. The van der Waals surface area contributed by atoms with Crippen LogP contribution in [0.25, 0.3) is 0 Å². The van der Waals surface area contributed by atoms with Gasteiger partial charge in [-0.2, -0.15) is 0 Å². The SMILES string of the molecule is CCCCOCCCNc1ccnc(NCC)c1. The van der Waals surface area contributed by atoms with E-state index in [1.807, 2.05) is 18.3 Å². The van der Waals surface area contributed by atoms with Gasteiger partial charge in [-0.15, -0.1) is 0 Å². The number of rotatable bonds is 10. The molecule has 0 aliphatic rings. The monoisotopic (exact) mass is 251 g/mol. The average molecular weight is 251 g/mol. The fourth-order valence-corrected chi connectivity index (χ4v) is 1.57.